The van der Waals surface area contributed by atoms with Crippen molar-refractivity contribution >= 4 is 18.1 Å². The summed E-state index contributed by atoms with van der Waals surface area (Å²) in [6, 6.07) is 0.868. The number of nitrogens with one attached hydrogen (secondary N) is 1. The van der Waals surface area contributed by atoms with E-state index in [2.05, 4.69) is 11.4 Å². The molecule has 0 aromatic heterocycles. The molecule has 3 amide bonds. The number of nitrogens with zero attached hydrogens (tertiary/aromatic N) is 3. The highest BCUT2D eigenvalue weighted by Crippen LogP contribution is 2.41. The maximum absolute atomic E-state index is 13.6. The van der Waals surface area contributed by atoms with Gasteiger partial charge < -0.3 is 24.6 Å². The third-order valence-electron chi connectivity index (χ3n) is 6.47. The molecule has 0 aromatic rings. The lowest BCUT2D eigenvalue weighted by molar-refractivity contribution is -0.135. The quantitative estimate of drug-likeness (QED) is 0.686. The van der Waals surface area contributed by atoms with Gasteiger partial charge in [0.25, 0.3) is 0 Å². The van der Waals surface area contributed by atoms with Crippen molar-refractivity contribution in [2.24, 2.45) is 5.92 Å². The second-order valence-electron chi connectivity index (χ2n) is 11.4. The average Bonchev–Trinajstić information content (AvgIpc) is 3.25. The normalized spacial score (nSPS) is 28.2. The standard InChI is InChI=1S/C24H38N4O5/c1-23(2,3)32-21(30)26-19(20(29)27-11-7-8-18(27)14-25)15-12-16-9-10-17(13-15)28(16)22(31)33-24(4,5)6/h15-19H,7-13H2,1-6H3,(H,26,30)/t16-,17-,18-,19-/m0/s1. The molecule has 3 fully saturated rings. The molecule has 3 heterocycles. The molecule has 0 saturated carbocycles. The largest absolute Gasteiger partial charge is 0.444 e. The van der Waals surface area contributed by atoms with Crippen molar-refractivity contribution in [3.8, 4) is 6.07 Å². The maximum Gasteiger partial charge on any atom is 0.410 e. The van der Waals surface area contributed by atoms with Crippen LogP contribution in [-0.4, -0.2) is 69.8 Å². The van der Waals surface area contributed by atoms with Crippen molar-refractivity contribution in [3.05, 3.63) is 0 Å². The van der Waals surface area contributed by atoms with E-state index in [4.69, 9.17) is 9.47 Å². The first-order valence-electron chi connectivity index (χ1n) is 12.0. The number of hydrogen-bond acceptors (Lipinski definition) is 6. The van der Waals surface area contributed by atoms with Crippen LogP contribution in [0.4, 0.5) is 9.59 Å². The number of carbonyl (C=O) groups excluding carboxylic acids is 3. The van der Waals surface area contributed by atoms with Gasteiger partial charge >= 0.3 is 12.2 Å². The second-order valence-corrected chi connectivity index (χ2v) is 11.4. The molecule has 3 aliphatic heterocycles. The van der Waals surface area contributed by atoms with Crippen LogP contribution >= 0.6 is 0 Å². The lowest BCUT2D eigenvalue weighted by Crippen LogP contribution is -2.58. The summed E-state index contributed by atoms with van der Waals surface area (Å²) in [5.41, 5.74) is -1.27. The Morgan fingerprint density at radius 3 is 2.06 bits per heavy atom. The number of alkyl carbamates (subject to hydrolysis) is 1. The van der Waals surface area contributed by atoms with Gasteiger partial charge in [0.1, 0.15) is 23.3 Å². The van der Waals surface area contributed by atoms with Crippen molar-refractivity contribution in [3.63, 3.8) is 0 Å². The zero-order valence-electron chi connectivity index (χ0n) is 20.7. The number of piperidine rings is 1. The Morgan fingerprint density at radius 1 is 0.970 bits per heavy atom. The van der Waals surface area contributed by atoms with Crippen LogP contribution in [0, 0.1) is 17.2 Å². The predicted molar refractivity (Wildman–Crippen MR) is 121 cm³/mol. The van der Waals surface area contributed by atoms with Gasteiger partial charge in [-0.3, -0.25) is 4.79 Å². The van der Waals surface area contributed by atoms with E-state index in [1.165, 1.54) is 0 Å². The number of likely N-dealkylation sites (tertiary alicyclic amines) is 1. The molecule has 9 heteroatoms. The zero-order chi connectivity index (χ0) is 24.6. The Morgan fingerprint density at radius 2 is 1.55 bits per heavy atom. The molecule has 3 aliphatic rings. The van der Waals surface area contributed by atoms with E-state index in [1.54, 1.807) is 25.7 Å². The van der Waals surface area contributed by atoms with Crippen LogP contribution in [0.25, 0.3) is 0 Å². The summed E-state index contributed by atoms with van der Waals surface area (Å²) in [6.45, 7) is 11.4. The first kappa shape index (κ1) is 25.1. The molecular formula is C24H38N4O5. The predicted octanol–water partition coefficient (Wildman–Crippen LogP) is 3.57. The summed E-state index contributed by atoms with van der Waals surface area (Å²) in [6.07, 6.45) is 3.32. The van der Waals surface area contributed by atoms with Gasteiger partial charge in [-0.1, -0.05) is 0 Å². The number of rotatable bonds is 3. The fourth-order valence-corrected chi connectivity index (χ4v) is 5.26. The van der Waals surface area contributed by atoms with E-state index >= 15 is 0 Å². The fraction of sp³-hybridized carbons (Fsp3) is 0.833. The molecular weight excluding hydrogens is 424 g/mol. The summed E-state index contributed by atoms with van der Waals surface area (Å²) >= 11 is 0. The van der Waals surface area contributed by atoms with Crippen molar-refractivity contribution in [2.45, 2.75) is 115 Å². The molecule has 0 aromatic carbocycles. The molecule has 0 spiro atoms. The van der Waals surface area contributed by atoms with Crippen LogP contribution in [-0.2, 0) is 14.3 Å². The molecule has 1 N–H and O–H groups in total. The third-order valence-corrected chi connectivity index (χ3v) is 6.47. The van der Waals surface area contributed by atoms with Crippen molar-refractivity contribution < 1.29 is 23.9 Å². The molecule has 2 bridgehead atoms. The lowest BCUT2D eigenvalue weighted by Gasteiger charge is -2.42. The Kier molecular flexibility index (Phi) is 7.15. The first-order chi connectivity index (χ1) is 15.3. The van der Waals surface area contributed by atoms with Gasteiger partial charge in [-0.25, -0.2) is 9.59 Å². The molecule has 0 unspecified atom stereocenters. The SMILES string of the molecule is CC(C)(C)OC(=O)N[C@H](C(=O)N1CCC[C@H]1C#N)C1C[C@@H]2CC[C@@H](C1)N2C(=O)OC(C)(C)C. The minimum absolute atomic E-state index is 0.0373. The number of ether oxygens (including phenoxy) is 2. The Labute approximate surface area is 196 Å². The number of carbonyl (C=O) groups is 3. The molecule has 3 saturated heterocycles. The molecule has 184 valence electrons. The van der Waals surface area contributed by atoms with Crippen molar-refractivity contribution in [2.75, 3.05) is 6.54 Å². The van der Waals surface area contributed by atoms with Gasteiger partial charge in [0.05, 0.1) is 6.07 Å². The highest BCUT2D eigenvalue weighted by Gasteiger charge is 2.49. The molecule has 4 atom stereocenters. The van der Waals surface area contributed by atoms with E-state index in [9.17, 15) is 19.6 Å². The number of nitriles is 1. The van der Waals surface area contributed by atoms with Gasteiger partial charge in [-0.2, -0.15) is 5.26 Å². The maximum atomic E-state index is 13.6. The Hall–Kier alpha value is -2.50. The van der Waals surface area contributed by atoms with E-state index in [1.807, 2.05) is 25.7 Å². The summed E-state index contributed by atoms with van der Waals surface area (Å²) in [5, 5.41) is 12.3. The monoisotopic (exact) mass is 462 g/mol. The van der Waals surface area contributed by atoms with Gasteiger partial charge in [0.2, 0.25) is 5.91 Å². The van der Waals surface area contributed by atoms with E-state index in [0.717, 1.165) is 19.3 Å². The number of hydrogen-bond donors (Lipinski definition) is 1. The van der Waals surface area contributed by atoms with E-state index in [-0.39, 0.29) is 30.0 Å². The smallest absolute Gasteiger partial charge is 0.410 e. The summed E-state index contributed by atoms with van der Waals surface area (Å²) in [7, 11) is 0. The number of amides is 3. The van der Waals surface area contributed by atoms with Gasteiger partial charge in [0, 0.05) is 18.6 Å². The van der Waals surface area contributed by atoms with Crippen LogP contribution in [0.15, 0.2) is 0 Å². The third kappa shape index (κ3) is 6.10. The molecule has 33 heavy (non-hydrogen) atoms. The topological polar surface area (TPSA) is 112 Å². The van der Waals surface area contributed by atoms with Crippen molar-refractivity contribution in [1.82, 2.24) is 15.1 Å². The molecule has 0 radical (unpaired) electrons. The van der Waals surface area contributed by atoms with Crippen LogP contribution < -0.4 is 5.32 Å². The van der Waals surface area contributed by atoms with Gasteiger partial charge in [-0.15, -0.1) is 0 Å². The summed E-state index contributed by atoms with van der Waals surface area (Å²) < 4.78 is 11.1. The van der Waals surface area contributed by atoms with Gasteiger partial charge in [-0.05, 0) is 86.0 Å². The van der Waals surface area contributed by atoms with Crippen LogP contribution in [0.2, 0.25) is 0 Å². The summed E-state index contributed by atoms with van der Waals surface area (Å²) in [4.78, 5) is 42.4. The van der Waals surface area contributed by atoms with E-state index in [0.29, 0.717) is 25.8 Å². The van der Waals surface area contributed by atoms with Crippen LogP contribution in [0.1, 0.15) is 80.1 Å². The average molecular weight is 463 g/mol. The molecule has 9 nitrogen and oxygen atoms in total. The zero-order valence-corrected chi connectivity index (χ0v) is 20.7. The highest BCUT2D eigenvalue weighted by atomic mass is 16.6. The van der Waals surface area contributed by atoms with Gasteiger partial charge in [0.15, 0.2) is 0 Å². The Bertz CT molecular complexity index is 795. The fourth-order valence-electron chi connectivity index (χ4n) is 5.26. The number of fused-ring (bicyclic) bond motifs is 2. The Balaban J connectivity index is 1.78. The van der Waals surface area contributed by atoms with Crippen LogP contribution in [0.5, 0.6) is 0 Å². The minimum Gasteiger partial charge on any atom is -0.444 e. The van der Waals surface area contributed by atoms with E-state index < -0.39 is 29.4 Å². The van der Waals surface area contributed by atoms with Crippen LogP contribution in [0.3, 0.4) is 0 Å². The molecule has 0 aliphatic carbocycles. The minimum atomic E-state index is -0.794. The first-order valence-corrected chi connectivity index (χ1v) is 12.0. The lowest BCUT2D eigenvalue weighted by atomic mass is 9.84. The van der Waals surface area contributed by atoms with Crippen molar-refractivity contribution in [1.29, 1.82) is 5.26 Å². The highest BCUT2D eigenvalue weighted by molar-refractivity contribution is 5.87. The second kappa shape index (κ2) is 9.40. The summed E-state index contributed by atoms with van der Waals surface area (Å²) in [5.74, 6) is -0.388. The molecule has 3 rings (SSSR count).